The number of hydrogen-bond acceptors (Lipinski definition) is 2. The maximum Gasteiger partial charge on any atom is 0.119 e. The first-order valence-electron chi connectivity index (χ1n) is 8.54. The molecule has 2 nitrogen and oxygen atoms in total. The van der Waals surface area contributed by atoms with Gasteiger partial charge in [-0.05, 0) is 50.6 Å². The molecule has 0 aliphatic carbocycles. The Balaban J connectivity index is 1.78. The lowest BCUT2D eigenvalue weighted by Crippen LogP contribution is -2.31. The van der Waals surface area contributed by atoms with Crippen LogP contribution >= 0.6 is 0 Å². The van der Waals surface area contributed by atoms with E-state index in [1.54, 1.807) is 0 Å². The summed E-state index contributed by atoms with van der Waals surface area (Å²) in [7, 11) is 2.12. The highest BCUT2D eigenvalue weighted by molar-refractivity contribution is 5.28. The van der Waals surface area contributed by atoms with Gasteiger partial charge in [0.25, 0.3) is 0 Å². The van der Waals surface area contributed by atoms with Crippen molar-refractivity contribution in [2.45, 2.75) is 32.7 Å². The summed E-state index contributed by atoms with van der Waals surface area (Å²) in [4.78, 5) is 2.28. The van der Waals surface area contributed by atoms with E-state index in [1.807, 2.05) is 13.0 Å². The molecule has 0 N–H and O–H groups in total. The minimum Gasteiger partial charge on any atom is -0.493 e. The van der Waals surface area contributed by atoms with Gasteiger partial charge in [-0.2, -0.15) is 0 Å². The van der Waals surface area contributed by atoms with Crippen molar-refractivity contribution in [2.75, 3.05) is 20.2 Å². The Kier molecular flexibility index (Phi) is 7.39. The van der Waals surface area contributed by atoms with Crippen molar-refractivity contribution in [1.29, 1.82) is 0 Å². The van der Waals surface area contributed by atoms with Gasteiger partial charge in [0.1, 0.15) is 5.75 Å². The van der Waals surface area contributed by atoms with Gasteiger partial charge in [0.2, 0.25) is 0 Å². The van der Waals surface area contributed by atoms with E-state index in [9.17, 15) is 0 Å². The third-order valence-corrected chi connectivity index (χ3v) is 4.21. The van der Waals surface area contributed by atoms with Gasteiger partial charge in [0.05, 0.1) is 13.2 Å². The summed E-state index contributed by atoms with van der Waals surface area (Å²) in [5.74, 6) is 7.00. The Morgan fingerprint density at radius 1 is 1.00 bits per heavy atom. The van der Waals surface area contributed by atoms with Crippen molar-refractivity contribution >= 4 is 0 Å². The standard InChI is InChI=1S/C22H27NO/c1-4-5-16-23(3)19(2)18-21-11-13-22(14-12-21)24-17-15-20-9-7-6-8-10-20/h6-14,19H,15-18H2,1-3H3/t19-/m1/s1. The van der Waals surface area contributed by atoms with Crippen LogP contribution in [0.1, 0.15) is 25.0 Å². The second kappa shape index (κ2) is 9.80. The third kappa shape index (κ3) is 6.10. The van der Waals surface area contributed by atoms with Crippen molar-refractivity contribution in [2.24, 2.45) is 0 Å². The van der Waals surface area contributed by atoms with Crippen LogP contribution in [0, 0.1) is 11.8 Å². The fourth-order valence-corrected chi connectivity index (χ4v) is 2.51. The first-order valence-corrected chi connectivity index (χ1v) is 8.54. The molecule has 0 fully saturated rings. The largest absolute Gasteiger partial charge is 0.493 e. The van der Waals surface area contributed by atoms with Crippen LogP contribution in [0.2, 0.25) is 0 Å². The molecule has 0 saturated carbocycles. The fourth-order valence-electron chi connectivity index (χ4n) is 2.51. The Labute approximate surface area is 146 Å². The van der Waals surface area contributed by atoms with Crippen LogP contribution in [0.4, 0.5) is 0 Å². The Hall–Kier alpha value is -2.24. The molecule has 0 heterocycles. The van der Waals surface area contributed by atoms with Crippen molar-refractivity contribution < 1.29 is 4.74 Å². The van der Waals surface area contributed by atoms with Gasteiger partial charge in [-0.3, -0.25) is 4.90 Å². The summed E-state index contributed by atoms with van der Waals surface area (Å²) in [5, 5.41) is 0. The normalized spacial score (nSPS) is 11.7. The topological polar surface area (TPSA) is 12.5 Å². The van der Waals surface area contributed by atoms with Crippen molar-refractivity contribution in [1.82, 2.24) is 4.90 Å². The number of benzene rings is 2. The predicted octanol–water partition coefficient (Wildman–Crippen LogP) is 4.19. The Morgan fingerprint density at radius 2 is 1.71 bits per heavy atom. The lowest BCUT2D eigenvalue weighted by atomic mass is 10.1. The highest BCUT2D eigenvalue weighted by atomic mass is 16.5. The molecule has 0 amide bonds. The van der Waals surface area contributed by atoms with Gasteiger partial charge >= 0.3 is 0 Å². The zero-order valence-corrected chi connectivity index (χ0v) is 15.0. The van der Waals surface area contributed by atoms with E-state index in [0.717, 1.165) is 25.1 Å². The molecule has 24 heavy (non-hydrogen) atoms. The minimum absolute atomic E-state index is 0.468. The van der Waals surface area contributed by atoms with Gasteiger partial charge in [0.15, 0.2) is 0 Å². The molecule has 126 valence electrons. The van der Waals surface area contributed by atoms with E-state index in [-0.39, 0.29) is 0 Å². The van der Waals surface area contributed by atoms with Crippen LogP contribution in [0.15, 0.2) is 54.6 Å². The summed E-state index contributed by atoms with van der Waals surface area (Å²) in [5.41, 5.74) is 2.63. The lowest BCUT2D eigenvalue weighted by Gasteiger charge is -2.22. The smallest absolute Gasteiger partial charge is 0.119 e. The zero-order chi connectivity index (χ0) is 17.2. The molecule has 0 aliphatic rings. The van der Waals surface area contributed by atoms with Crippen LogP contribution in [0.3, 0.4) is 0 Å². The summed E-state index contributed by atoms with van der Waals surface area (Å²) in [6.07, 6.45) is 1.95. The highest BCUT2D eigenvalue weighted by Crippen LogP contribution is 2.15. The fraction of sp³-hybridized carbons (Fsp3) is 0.364. The molecule has 0 radical (unpaired) electrons. The SMILES string of the molecule is CC#CCN(C)[C@H](C)Cc1ccc(OCCc2ccccc2)cc1. The Bertz CT molecular complexity index is 652. The van der Waals surface area contributed by atoms with Crippen LogP contribution in [-0.2, 0) is 12.8 Å². The van der Waals surface area contributed by atoms with E-state index < -0.39 is 0 Å². The lowest BCUT2D eigenvalue weighted by molar-refractivity contribution is 0.287. The highest BCUT2D eigenvalue weighted by Gasteiger charge is 2.08. The summed E-state index contributed by atoms with van der Waals surface area (Å²) in [6, 6.07) is 19.4. The number of ether oxygens (including phenoxy) is 1. The number of rotatable bonds is 8. The molecule has 2 aromatic rings. The van der Waals surface area contributed by atoms with Crippen LogP contribution in [0.25, 0.3) is 0 Å². The zero-order valence-electron chi connectivity index (χ0n) is 15.0. The molecule has 0 unspecified atom stereocenters. The minimum atomic E-state index is 0.468. The maximum atomic E-state index is 5.84. The quantitative estimate of drug-likeness (QED) is 0.676. The van der Waals surface area contributed by atoms with E-state index in [4.69, 9.17) is 4.74 Å². The second-order valence-corrected chi connectivity index (χ2v) is 6.12. The average molecular weight is 321 g/mol. The van der Waals surface area contributed by atoms with E-state index in [0.29, 0.717) is 12.6 Å². The number of nitrogens with zero attached hydrogens (tertiary/aromatic N) is 1. The molecule has 1 atom stereocenters. The first kappa shape index (κ1) is 18.1. The first-order chi connectivity index (χ1) is 11.7. The molecule has 0 saturated heterocycles. The van der Waals surface area contributed by atoms with Gasteiger partial charge in [-0.15, -0.1) is 5.92 Å². The van der Waals surface area contributed by atoms with Crippen molar-refractivity contribution in [3.8, 4) is 17.6 Å². The molecular formula is C22H27NO. The van der Waals surface area contributed by atoms with Crippen molar-refractivity contribution in [3.05, 3.63) is 65.7 Å². The molecular weight excluding hydrogens is 294 g/mol. The average Bonchev–Trinajstić information content (AvgIpc) is 2.62. The van der Waals surface area contributed by atoms with Crippen LogP contribution in [0.5, 0.6) is 5.75 Å². The monoisotopic (exact) mass is 321 g/mol. The molecule has 0 spiro atoms. The number of hydrogen-bond donors (Lipinski definition) is 0. The van der Waals surface area contributed by atoms with Gasteiger partial charge in [-0.25, -0.2) is 0 Å². The molecule has 2 aromatic carbocycles. The van der Waals surface area contributed by atoms with E-state index in [2.05, 4.69) is 79.2 Å². The van der Waals surface area contributed by atoms with Crippen LogP contribution < -0.4 is 4.74 Å². The van der Waals surface area contributed by atoms with E-state index in [1.165, 1.54) is 11.1 Å². The summed E-state index contributed by atoms with van der Waals surface area (Å²) < 4.78 is 5.84. The van der Waals surface area contributed by atoms with Crippen molar-refractivity contribution in [3.63, 3.8) is 0 Å². The molecule has 0 aromatic heterocycles. The number of likely N-dealkylation sites (N-methyl/N-ethyl adjacent to an activating group) is 1. The molecule has 0 bridgehead atoms. The Morgan fingerprint density at radius 3 is 2.38 bits per heavy atom. The summed E-state index contributed by atoms with van der Waals surface area (Å²) >= 11 is 0. The van der Waals surface area contributed by atoms with Crippen LogP contribution in [-0.4, -0.2) is 31.1 Å². The third-order valence-electron chi connectivity index (χ3n) is 4.21. The second-order valence-electron chi connectivity index (χ2n) is 6.12. The molecule has 2 rings (SSSR count). The predicted molar refractivity (Wildman–Crippen MR) is 101 cm³/mol. The maximum absolute atomic E-state index is 5.84. The molecule has 0 aliphatic heterocycles. The van der Waals surface area contributed by atoms with Gasteiger partial charge in [-0.1, -0.05) is 48.4 Å². The van der Waals surface area contributed by atoms with E-state index >= 15 is 0 Å². The van der Waals surface area contributed by atoms with Gasteiger partial charge in [0, 0.05) is 12.5 Å². The summed E-state index contributed by atoms with van der Waals surface area (Å²) in [6.45, 7) is 5.65. The van der Waals surface area contributed by atoms with Gasteiger partial charge < -0.3 is 4.74 Å². The molecule has 2 heteroatoms.